The zero-order chi connectivity index (χ0) is 9.61. The van der Waals surface area contributed by atoms with Crippen molar-refractivity contribution in [3.8, 4) is 0 Å². The summed E-state index contributed by atoms with van der Waals surface area (Å²) in [6.07, 6.45) is 0.476. The fourth-order valence-corrected chi connectivity index (χ4v) is 0.543. The third-order valence-corrected chi connectivity index (χ3v) is 1.12. The van der Waals surface area contributed by atoms with E-state index in [0.717, 1.165) is 6.20 Å². The molecule has 0 fully saturated rings. The Labute approximate surface area is 125 Å². The van der Waals surface area contributed by atoms with Crippen molar-refractivity contribution < 1.29 is 88.2 Å². The summed E-state index contributed by atoms with van der Waals surface area (Å²) in [5.74, 6) is 0. The van der Waals surface area contributed by atoms with Gasteiger partial charge in [-0.2, -0.15) is 5.06 Å². The number of nitrogens with zero attached hydrogens (tertiary/aromatic N) is 1. The number of hydroxylamine groups is 2. The molecule has 14 heavy (non-hydrogen) atoms. The van der Waals surface area contributed by atoms with E-state index in [1.54, 1.807) is 0 Å². The molecule has 0 aliphatic carbocycles. The minimum atomic E-state index is -4.70. The Morgan fingerprint density at radius 2 is 1.93 bits per heavy atom. The van der Waals surface area contributed by atoms with Gasteiger partial charge in [-0.1, -0.05) is 0 Å². The molecule has 0 saturated carbocycles. The second-order valence-electron chi connectivity index (χ2n) is 1.68. The largest absolute Gasteiger partial charge is 1.00 e. The first kappa shape index (κ1) is 20.5. The van der Waals surface area contributed by atoms with Gasteiger partial charge >= 0.3 is 59.1 Å². The summed E-state index contributed by atoms with van der Waals surface area (Å²) in [5, 5.41) is 8.46. The van der Waals surface area contributed by atoms with Gasteiger partial charge in [0, 0.05) is 0 Å². The van der Waals surface area contributed by atoms with E-state index in [2.05, 4.69) is 4.74 Å². The summed E-state index contributed by atoms with van der Waals surface area (Å²) >= 11 is 0. The van der Waals surface area contributed by atoms with Crippen LogP contribution in [0.4, 0.5) is 0 Å². The van der Waals surface area contributed by atoms with Crippen LogP contribution in [0.1, 0.15) is 0 Å². The summed E-state index contributed by atoms with van der Waals surface area (Å²) in [7, 11) is -4.70. The van der Waals surface area contributed by atoms with Crippen molar-refractivity contribution in [2.75, 3.05) is 6.35 Å². The van der Waals surface area contributed by atoms with Crippen molar-refractivity contribution in [2.24, 2.45) is 0 Å². The maximum Gasteiger partial charge on any atom is 1.00 e. The second kappa shape index (κ2) is 10.6. The summed E-state index contributed by atoms with van der Waals surface area (Å²) in [6, 6.07) is 0. The number of carbonyl (C=O) groups is 1. The van der Waals surface area contributed by atoms with E-state index < -0.39 is 13.9 Å². The smallest absolute Gasteiger partial charge is 0.808 e. The molecule has 10 heteroatoms. The Bertz CT molecular complexity index is 218. The summed E-state index contributed by atoms with van der Waals surface area (Å²) in [4.78, 5) is 29.5. The monoisotopic (exact) mass is 241 g/mol. The predicted octanol–water partition coefficient (Wildman–Crippen LogP) is -7.80. The van der Waals surface area contributed by atoms with Crippen LogP contribution in [0.15, 0.2) is 12.5 Å². The van der Waals surface area contributed by atoms with Gasteiger partial charge < -0.3 is 19.1 Å². The summed E-state index contributed by atoms with van der Waals surface area (Å²) in [6.45, 7) is 0. The molecule has 0 spiro atoms. The van der Waals surface area contributed by atoms with E-state index >= 15 is 0 Å². The van der Waals surface area contributed by atoms with Gasteiger partial charge in [0.05, 0.1) is 6.20 Å². The van der Waals surface area contributed by atoms with E-state index in [9.17, 15) is 19.1 Å². The molecule has 1 N–H and O–H groups in total. The van der Waals surface area contributed by atoms with Gasteiger partial charge in [0.25, 0.3) is 0 Å². The van der Waals surface area contributed by atoms with Crippen LogP contribution in [0.2, 0.25) is 0 Å². The third-order valence-electron chi connectivity index (χ3n) is 0.650. The van der Waals surface area contributed by atoms with Crippen molar-refractivity contribution in [1.29, 1.82) is 0 Å². The molecule has 0 saturated heterocycles. The first-order valence-electron chi connectivity index (χ1n) is 2.67. The van der Waals surface area contributed by atoms with Crippen molar-refractivity contribution in [3.05, 3.63) is 12.5 Å². The standard InChI is InChI=1S/C4H8NO6P.2Na/c6-3-5(7)1-2-11-4-12(8,9)10;;/h1-3,7H,4H2,(H2,8,9,10);;/q;2*+1/p-2. The molecule has 0 unspecified atom stereocenters. The van der Waals surface area contributed by atoms with E-state index in [1.807, 2.05) is 0 Å². The first-order chi connectivity index (χ1) is 5.45. The SMILES string of the molecule is O=CN(O)C=COCP(=O)([O-])[O-].[Na+].[Na+]. The Morgan fingerprint density at radius 1 is 1.43 bits per heavy atom. The number of hydrogen-bond acceptors (Lipinski definition) is 6. The van der Waals surface area contributed by atoms with Crippen LogP contribution < -0.4 is 68.9 Å². The Hall–Kier alpha value is 1.12. The Kier molecular flexibility index (Phi) is 15.6. The molecule has 0 aliphatic rings. The number of rotatable bonds is 5. The Morgan fingerprint density at radius 3 is 2.29 bits per heavy atom. The molecule has 0 bridgehead atoms. The minimum absolute atomic E-state index is 0. The van der Waals surface area contributed by atoms with Gasteiger partial charge in [-0.3, -0.25) is 10.0 Å². The van der Waals surface area contributed by atoms with Gasteiger partial charge in [-0.15, -0.1) is 0 Å². The molecular formula is C4H6NNa2O6P. The zero-order valence-corrected chi connectivity index (χ0v) is 12.7. The number of ether oxygens (including phenoxy) is 1. The molecule has 0 aromatic carbocycles. The molecule has 0 rings (SSSR count). The van der Waals surface area contributed by atoms with Crippen LogP contribution in [0, 0.1) is 0 Å². The predicted molar refractivity (Wildman–Crippen MR) is 32.4 cm³/mol. The average Bonchev–Trinajstić information content (AvgIpc) is 1.96. The van der Waals surface area contributed by atoms with Gasteiger partial charge in [-0.05, 0) is 7.60 Å². The summed E-state index contributed by atoms with van der Waals surface area (Å²) in [5.41, 5.74) is 0. The van der Waals surface area contributed by atoms with E-state index in [4.69, 9.17) is 5.21 Å². The molecule has 1 amide bonds. The molecule has 0 radical (unpaired) electrons. The molecule has 0 aromatic rings. The fraction of sp³-hybridized carbons (Fsp3) is 0.250. The normalized spacial score (nSPS) is 9.93. The van der Waals surface area contributed by atoms with Crippen LogP contribution in [-0.4, -0.2) is 23.0 Å². The van der Waals surface area contributed by atoms with Gasteiger partial charge in [0.15, 0.2) is 0 Å². The topological polar surface area (TPSA) is 113 Å². The summed E-state index contributed by atoms with van der Waals surface area (Å²) < 4.78 is 14.1. The molecule has 0 aromatic heterocycles. The third kappa shape index (κ3) is 15.6. The van der Waals surface area contributed by atoms with E-state index in [-0.39, 0.29) is 70.6 Å². The molecule has 0 aliphatic heterocycles. The van der Waals surface area contributed by atoms with Gasteiger partial charge in [-0.25, -0.2) is 0 Å². The van der Waals surface area contributed by atoms with E-state index in [0.29, 0.717) is 6.26 Å². The van der Waals surface area contributed by atoms with Crippen molar-refractivity contribution in [1.82, 2.24) is 5.06 Å². The molecule has 0 heterocycles. The first-order valence-corrected chi connectivity index (χ1v) is 4.40. The maximum absolute atomic E-state index is 9.91. The quantitative estimate of drug-likeness (QED) is 0.128. The molecule has 7 nitrogen and oxygen atoms in total. The van der Waals surface area contributed by atoms with Crippen molar-refractivity contribution in [2.45, 2.75) is 0 Å². The minimum Gasteiger partial charge on any atom is -0.808 e. The number of carbonyl (C=O) groups excluding carboxylic acids is 1. The van der Waals surface area contributed by atoms with Gasteiger partial charge in [0.2, 0.25) is 6.41 Å². The van der Waals surface area contributed by atoms with Crippen LogP contribution >= 0.6 is 7.60 Å². The molecule has 0 atom stereocenters. The van der Waals surface area contributed by atoms with Crippen molar-refractivity contribution >= 4 is 14.0 Å². The zero-order valence-electron chi connectivity index (χ0n) is 7.82. The molecule has 70 valence electrons. The maximum atomic E-state index is 9.91. The van der Waals surface area contributed by atoms with Crippen LogP contribution in [0.5, 0.6) is 0 Å². The number of hydrogen-bond donors (Lipinski definition) is 1. The second-order valence-corrected chi connectivity index (χ2v) is 3.16. The molecular weight excluding hydrogens is 235 g/mol. The average molecular weight is 241 g/mol. The van der Waals surface area contributed by atoms with Gasteiger partial charge in [0.1, 0.15) is 12.6 Å². The van der Waals surface area contributed by atoms with Crippen LogP contribution in [0.25, 0.3) is 0 Å². The van der Waals surface area contributed by atoms with Crippen LogP contribution in [0.3, 0.4) is 0 Å². The fourth-order valence-electron chi connectivity index (χ4n) is 0.275. The Balaban J connectivity index is -0.000000605. The van der Waals surface area contributed by atoms with Crippen molar-refractivity contribution in [3.63, 3.8) is 0 Å². The number of amides is 1. The van der Waals surface area contributed by atoms with E-state index in [1.165, 1.54) is 0 Å². The van der Waals surface area contributed by atoms with Crippen LogP contribution in [-0.2, 0) is 14.1 Å².